The molecule has 0 aromatic heterocycles. The minimum Gasteiger partial charge on any atom is -0.339 e. The van der Waals surface area contributed by atoms with Crippen molar-refractivity contribution in [1.29, 1.82) is 0 Å². The van der Waals surface area contributed by atoms with Crippen molar-refractivity contribution in [3.63, 3.8) is 0 Å². The van der Waals surface area contributed by atoms with Crippen LogP contribution in [0, 0.1) is 11.8 Å². The molecule has 0 aliphatic carbocycles. The lowest BCUT2D eigenvalue weighted by molar-refractivity contribution is -0.144. The molecular weight excluding hydrogens is 326 g/mol. The standard InChI is InChI=1S/C15H27N3O2.3C2H6/c1-12(2)14(19)17-8-10-18(11-9-17)15(20)13-4-6-16(3)7-5-13;3*1-2/h12-13H,4-11H2,1-3H3;3*1-2H3. The zero-order valence-corrected chi connectivity index (χ0v) is 19.0. The van der Waals surface area contributed by atoms with Crippen LogP contribution in [0.25, 0.3) is 0 Å². The summed E-state index contributed by atoms with van der Waals surface area (Å²) in [5, 5.41) is 0. The maximum atomic E-state index is 12.5. The first-order valence-electron chi connectivity index (χ1n) is 10.7. The van der Waals surface area contributed by atoms with Gasteiger partial charge in [-0.25, -0.2) is 0 Å². The number of hydrogen-bond acceptors (Lipinski definition) is 3. The molecule has 0 N–H and O–H groups in total. The number of amides is 2. The average Bonchev–Trinajstić information content (AvgIpc) is 2.72. The van der Waals surface area contributed by atoms with Crippen molar-refractivity contribution in [2.75, 3.05) is 46.3 Å². The molecule has 5 heteroatoms. The van der Waals surface area contributed by atoms with Crippen LogP contribution in [0.3, 0.4) is 0 Å². The molecule has 0 radical (unpaired) electrons. The lowest BCUT2D eigenvalue weighted by Gasteiger charge is -2.38. The van der Waals surface area contributed by atoms with Gasteiger partial charge in [0.1, 0.15) is 0 Å². The summed E-state index contributed by atoms with van der Waals surface area (Å²) in [6, 6.07) is 0. The largest absolute Gasteiger partial charge is 0.339 e. The van der Waals surface area contributed by atoms with Crippen molar-refractivity contribution in [3.8, 4) is 0 Å². The van der Waals surface area contributed by atoms with Crippen molar-refractivity contribution in [2.45, 2.75) is 68.2 Å². The first-order chi connectivity index (χ1) is 12.5. The lowest BCUT2D eigenvalue weighted by Crippen LogP contribution is -2.53. The van der Waals surface area contributed by atoms with E-state index in [-0.39, 0.29) is 17.7 Å². The minimum atomic E-state index is 0.0473. The van der Waals surface area contributed by atoms with Gasteiger partial charge in [-0.1, -0.05) is 55.4 Å². The van der Waals surface area contributed by atoms with Gasteiger partial charge in [0.15, 0.2) is 0 Å². The molecule has 2 rings (SSSR count). The fraction of sp³-hybridized carbons (Fsp3) is 0.905. The molecule has 2 fully saturated rings. The molecule has 2 heterocycles. The molecule has 0 aromatic carbocycles. The summed E-state index contributed by atoms with van der Waals surface area (Å²) < 4.78 is 0. The van der Waals surface area contributed by atoms with Gasteiger partial charge in [0.2, 0.25) is 11.8 Å². The van der Waals surface area contributed by atoms with Crippen LogP contribution in [-0.2, 0) is 9.59 Å². The molecule has 2 amide bonds. The van der Waals surface area contributed by atoms with Crippen LogP contribution in [0.1, 0.15) is 68.2 Å². The summed E-state index contributed by atoms with van der Waals surface area (Å²) in [6.45, 7) is 20.7. The Morgan fingerprint density at radius 1 is 0.731 bits per heavy atom. The quantitative estimate of drug-likeness (QED) is 0.743. The zero-order chi connectivity index (χ0) is 20.7. The van der Waals surface area contributed by atoms with Gasteiger partial charge in [-0.3, -0.25) is 9.59 Å². The number of nitrogens with zero attached hydrogens (tertiary/aromatic N) is 3. The van der Waals surface area contributed by atoms with Crippen LogP contribution in [0.5, 0.6) is 0 Å². The van der Waals surface area contributed by atoms with Gasteiger partial charge in [0.25, 0.3) is 0 Å². The Morgan fingerprint density at radius 2 is 1.12 bits per heavy atom. The normalized spacial score (nSPS) is 17.9. The third-order valence-corrected chi connectivity index (χ3v) is 4.46. The van der Waals surface area contributed by atoms with E-state index in [1.54, 1.807) is 0 Å². The van der Waals surface area contributed by atoms with Crippen molar-refractivity contribution in [2.24, 2.45) is 11.8 Å². The number of carbonyl (C=O) groups excluding carboxylic acids is 2. The van der Waals surface area contributed by atoms with Crippen LogP contribution in [0.2, 0.25) is 0 Å². The van der Waals surface area contributed by atoms with Gasteiger partial charge in [0.05, 0.1) is 0 Å². The minimum absolute atomic E-state index is 0.0473. The molecule has 0 unspecified atom stereocenters. The van der Waals surface area contributed by atoms with Crippen molar-refractivity contribution in [1.82, 2.24) is 14.7 Å². The highest BCUT2D eigenvalue weighted by Gasteiger charge is 2.30. The number of piperidine rings is 1. The Hall–Kier alpha value is -1.10. The summed E-state index contributed by atoms with van der Waals surface area (Å²) in [4.78, 5) is 30.5. The molecule has 0 spiro atoms. The van der Waals surface area contributed by atoms with Crippen LogP contribution < -0.4 is 0 Å². The maximum Gasteiger partial charge on any atom is 0.225 e. The topological polar surface area (TPSA) is 43.9 Å². The van der Waals surface area contributed by atoms with Gasteiger partial charge in [-0.05, 0) is 33.0 Å². The highest BCUT2D eigenvalue weighted by Crippen LogP contribution is 2.19. The van der Waals surface area contributed by atoms with E-state index < -0.39 is 0 Å². The maximum absolute atomic E-state index is 12.5. The predicted molar refractivity (Wildman–Crippen MR) is 112 cm³/mol. The van der Waals surface area contributed by atoms with Gasteiger partial charge >= 0.3 is 0 Å². The Morgan fingerprint density at radius 3 is 1.50 bits per heavy atom. The third kappa shape index (κ3) is 9.02. The van der Waals surface area contributed by atoms with Crippen molar-refractivity contribution >= 4 is 11.8 Å². The molecule has 0 saturated carbocycles. The molecule has 156 valence electrons. The van der Waals surface area contributed by atoms with E-state index in [0.717, 1.165) is 25.9 Å². The summed E-state index contributed by atoms with van der Waals surface area (Å²) in [7, 11) is 2.11. The van der Waals surface area contributed by atoms with Gasteiger partial charge in [-0.15, -0.1) is 0 Å². The Kier molecular flexibility index (Phi) is 16.8. The van der Waals surface area contributed by atoms with E-state index in [0.29, 0.717) is 32.1 Å². The Balaban J connectivity index is 0. The van der Waals surface area contributed by atoms with Crippen LogP contribution >= 0.6 is 0 Å². The molecule has 2 saturated heterocycles. The van der Waals surface area contributed by atoms with Crippen LogP contribution in [0.4, 0.5) is 0 Å². The fourth-order valence-electron chi connectivity index (χ4n) is 3.03. The highest BCUT2D eigenvalue weighted by molar-refractivity contribution is 5.80. The molecule has 2 aliphatic rings. The van der Waals surface area contributed by atoms with Crippen molar-refractivity contribution < 1.29 is 9.59 Å². The average molecular weight is 372 g/mol. The predicted octanol–water partition coefficient (Wildman–Crippen LogP) is 3.73. The van der Waals surface area contributed by atoms with E-state index in [4.69, 9.17) is 0 Å². The highest BCUT2D eigenvalue weighted by atomic mass is 16.2. The number of likely N-dealkylation sites (tertiary alicyclic amines) is 1. The van der Waals surface area contributed by atoms with E-state index >= 15 is 0 Å². The summed E-state index contributed by atoms with van der Waals surface area (Å²) >= 11 is 0. The molecule has 5 nitrogen and oxygen atoms in total. The number of carbonyl (C=O) groups is 2. The van der Waals surface area contributed by atoms with Crippen molar-refractivity contribution in [3.05, 3.63) is 0 Å². The van der Waals surface area contributed by atoms with Gasteiger partial charge in [0, 0.05) is 38.0 Å². The SMILES string of the molecule is CC.CC.CC.CC(C)C(=O)N1CCN(C(=O)C2CCN(C)CC2)CC1. The summed E-state index contributed by atoms with van der Waals surface area (Å²) in [5.74, 6) is 0.746. The smallest absolute Gasteiger partial charge is 0.225 e. The molecule has 0 aromatic rings. The molecular formula is C21H45N3O2. The molecule has 26 heavy (non-hydrogen) atoms. The van der Waals surface area contributed by atoms with E-state index in [9.17, 15) is 9.59 Å². The molecule has 2 aliphatic heterocycles. The number of hydrogen-bond donors (Lipinski definition) is 0. The molecule has 0 atom stereocenters. The number of piperazine rings is 1. The second-order valence-corrected chi connectivity index (χ2v) is 6.38. The van der Waals surface area contributed by atoms with Gasteiger partial charge < -0.3 is 14.7 Å². The third-order valence-electron chi connectivity index (χ3n) is 4.46. The Labute approximate surface area is 163 Å². The fourth-order valence-corrected chi connectivity index (χ4v) is 3.03. The van der Waals surface area contributed by atoms with E-state index in [2.05, 4.69) is 11.9 Å². The Bertz CT molecular complexity index is 356. The summed E-state index contributed by atoms with van der Waals surface area (Å²) in [6.07, 6.45) is 1.95. The van der Waals surface area contributed by atoms with E-state index in [1.807, 2.05) is 65.2 Å². The number of rotatable bonds is 2. The molecule has 0 bridgehead atoms. The van der Waals surface area contributed by atoms with E-state index in [1.165, 1.54) is 0 Å². The lowest BCUT2D eigenvalue weighted by atomic mass is 9.95. The van der Waals surface area contributed by atoms with Crippen LogP contribution in [-0.4, -0.2) is 72.8 Å². The van der Waals surface area contributed by atoms with Gasteiger partial charge in [-0.2, -0.15) is 0 Å². The van der Waals surface area contributed by atoms with Crippen LogP contribution in [0.15, 0.2) is 0 Å². The summed E-state index contributed by atoms with van der Waals surface area (Å²) in [5.41, 5.74) is 0. The second kappa shape index (κ2) is 16.1. The first kappa shape index (κ1) is 27.1. The first-order valence-corrected chi connectivity index (χ1v) is 10.7. The second-order valence-electron chi connectivity index (χ2n) is 6.38. The monoisotopic (exact) mass is 371 g/mol. The zero-order valence-electron chi connectivity index (χ0n) is 19.0.